The van der Waals surface area contributed by atoms with Gasteiger partial charge >= 0.3 is 0 Å². The highest BCUT2D eigenvalue weighted by Gasteiger charge is 2.12. The highest BCUT2D eigenvalue weighted by molar-refractivity contribution is 9.10. The minimum atomic E-state index is -0.523. The summed E-state index contributed by atoms with van der Waals surface area (Å²) in [6.45, 7) is 2.42. The first-order chi connectivity index (χ1) is 9.99. The third-order valence-corrected chi connectivity index (χ3v) is 3.06. The van der Waals surface area contributed by atoms with Gasteiger partial charge in [-0.2, -0.15) is 0 Å². The van der Waals surface area contributed by atoms with Crippen LogP contribution in [0, 0.1) is 15.9 Å². The van der Waals surface area contributed by atoms with Crippen molar-refractivity contribution < 1.29 is 9.31 Å². The molecule has 0 aliphatic heterocycles. The Kier molecular flexibility index (Phi) is 4.69. The summed E-state index contributed by atoms with van der Waals surface area (Å²) in [5, 5.41) is 16.6. The van der Waals surface area contributed by atoms with E-state index in [1.165, 1.54) is 24.3 Å². The fourth-order valence-corrected chi connectivity index (χ4v) is 2.05. The summed E-state index contributed by atoms with van der Waals surface area (Å²) in [4.78, 5) is 14.6. The van der Waals surface area contributed by atoms with Crippen molar-refractivity contribution in [3.05, 3.63) is 50.7 Å². The molecule has 0 fully saturated rings. The van der Waals surface area contributed by atoms with E-state index in [1.807, 2.05) is 6.92 Å². The smallest absolute Gasteiger partial charge is 0.276 e. The molecule has 6 nitrogen and oxygen atoms in total. The Morgan fingerprint density at radius 3 is 2.71 bits per heavy atom. The van der Waals surface area contributed by atoms with E-state index in [9.17, 15) is 14.5 Å². The molecule has 0 bridgehead atoms. The van der Waals surface area contributed by atoms with Crippen LogP contribution in [-0.4, -0.2) is 16.5 Å². The number of halogens is 2. The van der Waals surface area contributed by atoms with Gasteiger partial charge in [-0.15, -0.1) is 0 Å². The monoisotopic (exact) mass is 354 g/mol. The van der Waals surface area contributed by atoms with E-state index in [4.69, 9.17) is 0 Å². The highest BCUT2D eigenvalue weighted by Crippen LogP contribution is 2.26. The Labute approximate surface area is 128 Å². The molecule has 0 atom stereocenters. The average Bonchev–Trinajstić information content (AvgIpc) is 2.43. The van der Waals surface area contributed by atoms with Crippen molar-refractivity contribution in [2.45, 2.75) is 6.92 Å². The third kappa shape index (κ3) is 3.88. The second-order valence-electron chi connectivity index (χ2n) is 4.13. The van der Waals surface area contributed by atoms with Crippen molar-refractivity contribution in [1.29, 1.82) is 0 Å². The topological polar surface area (TPSA) is 80.1 Å². The first-order valence-corrected chi connectivity index (χ1v) is 6.91. The van der Waals surface area contributed by atoms with Gasteiger partial charge in [-0.1, -0.05) is 15.9 Å². The number of anilines is 3. The van der Waals surface area contributed by atoms with Crippen LogP contribution in [0.25, 0.3) is 0 Å². The molecular weight excluding hydrogens is 343 g/mol. The summed E-state index contributed by atoms with van der Waals surface area (Å²) >= 11 is 3.24. The largest absolute Gasteiger partial charge is 0.370 e. The van der Waals surface area contributed by atoms with Crippen LogP contribution in [0.3, 0.4) is 0 Å². The van der Waals surface area contributed by atoms with Crippen LogP contribution in [-0.2, 0) is 0 Å². The van der Waals surface area contributed by atoms with Gasteiger partial charge in [-0.25, -0.2) is 9.37 Å². The molecule has 2 N–H and O–H groups in total. The second kappa shape index (κ2) is 6.49. The van der Waals surface area contributed by atoms with Crippen molar-refractivity contribution in [2.24, 2.45) is 0 Å². The molecule has 0 aliphatic rings. The Balaban J connectivity index is 2.38. The van der Waals surface area contributed by atoms with Crippen LogP contribution >= 0.6 is 15.9 Å². The van der Waals surface area contributed by atoms with Gasteiger partial charge in [0.1, 0.15) is 17.5 Å². The zero-order chi connectivity index (χ0) is 15.4. The molecule has 110 valence electrons. The average molecular weight is 355 g/mol. The van der Waals surface area contributed by atoms with E-state index in [2.05, 4.69) is 31.5 Å². The van der Waals surface area contributed by atoms with E-state index in [1.54, 1.807) is 6.07 Å². The van der Waals surface area contributed by atoms with E-state index in [0.717, 1.165) is 0 Å². The molecule has 0 aliphatic carbocycles. The van der Waals surface area contributed by atoms with Crippen LogP contribution in [0.1, 0.15) is 6.92 Å². The number of nitrogens with zero attached hydrogens (tertiary/aromatic N) is 2. The maximum absolute atomic E-state index is 13.7. The van der Waals surface area contributed by atoms with Gasteiger partial charge < -0.3 is 10.6 Å². The Hall–Kier alpha value is -2.22. The molecule has 21 heavy (non-hydrogen) atoms. The molecule has 0 saturated heterocycles. The number of benzene rings is 1. The van der Waals surface area contributed by atoms with Crippen molar-refractivity contribution >= 4 is 38.9 Å². The molecule has 2 rings (SSSR count). The molecule has 0 spiro atoms. The van der Waals surface area contributed by atoms with Crippen LogP contribution in [0.4, 0.5) is 27.4 Å². The number of hydrogen-bond donors (Lipinski definition) is 2. The number of hydrogen-bond acceptors (Lipinski definition) is 5. The molecule has 1 aromatic carbocycles. The van der Waals surface area contributed by atoms with E-state index >= 15 is 0 Å². The van der Waals surface area contributed by atoms with Gasteiger partial charge in [-0.05, 0) is 25.1 Å². The Bertz CT molecular complexity index is 681. The normalized spacial score (nSPS) is 10.2. The fraction of sp³-hybridized carbons (Fsp3) is 0.154. The van der Waals surface area contributed by atoms with Gasteiger partial charge in [0, 0.05) is 11.0 Å². The molecular formula is C13H12BrFN4O2. The van der Waals surface area contributed by atoms with Gasteiger partial charge in [-0.3, -0.25) is 10.1 Å². The van der Waals surface area contributed by atoms with Crippen LogP contribution in [0.2, 0.25) is 0 Å². The summed E-state index contributed by atoms with van der Waals surface area (Å²) in [5.74, 6) is 0.0678. The number of nitro groups is 1. The number of aromatic nitrogens is 1. The second-order valence-corrected chi connectivity index (χ2v) is 5.05. The predicted molar refractivity (Wildman–Crippen MR) is 82.4 cm³/mol. The lowest BCUT2D eigenvalue weighted by atomic mass is 10.3. The SMILES string of the molecule is CCNc1cc([N+](=O)[O-])cc(Nc2cc(Br)ccc2F)n1. The van der Waals surface area contributed by atoms with Gasteiger partial charge in [0.15, 0.2) is 0 Å². The highest BCUT2D eigenvalue weighted by atomic mass is 79.9. The van der Waals surface area contributed by atoms with Gasteiger partial charge in [0.25, 0.3) is 5.69 Å². The van der Waals surface area contributed by atoms with Crippen molar-refractivity contribution in [3.63, 3.8) is 0 Å². The molecule has 1 aromatic heterocycles. The number of nitrogens with one attached hydrogen (secondary N) is 2. The standard InChI is InChI=1S/C13H12BrFN4O2/c1-2-16-12-6-9(19(20)21)7-13(18-12)17-11-5-8(14)3-4-10(11)15/h3-7H,2H2,1H3,(H2,16,17,18). The Morgan fingerprint density at radius 2 is 2.05 bits per heavy atom. The van der Waals surface area contributed by atoms with Crippen molar-refractivity contribution in [2.75, 3.05) is 17.2 Å². The predicted octanol–water partition coefficient (Wildman–Crippen LogP) is 4.07. The summed E-state index contributed by atoms with van der Waals surface area (Å²) in [5.41, 5.74) is 0.0543. The molecule has 0 amide bonds. The van der Waals surface area contributed by atoms with Crippen LogP contribution in [0.15, 0.2) is 34.8 Å². The zero-order valence-corrected chi connectivity index (χ0v) is 12.6. The summed E-state index contributed by atoms with van der Waals surface area (Å²) < 4.78 is 14.4. The van der Waals surface area contributed by atoms with Crippen molar-refractivity contribution in [3.8, 4) is 0 Å². The van der Waals surface area contributed by atoms with E-state index in [-0.39, 0.29) is 17.2 Å². The first kappa shape index (κ1) is 15.2. The third-order valence-electron chi connectivity index (χ3n) is 2.57. The minimum absolute atomic E-state index is 0.126. The Morgan fingerprint density at radius 1 is 1.33 bits per heavy atom. The maximum atomic E-state index is 13.7. The molecule has 0 saturated carbocycles. The lowest BCUT2D eigenvalue weighted by molar-refractivity contribution is -0.384. The fourth-order valence-electron chi connectivity index (χ4n) is 1.69. The van der Waals surface area contributed by atoms with Gasteiger partial charge in [0.2, 0.25) is 0 Å². The minimum Gasteiger partial charge on any atom is -0.370 e. The first-order valence-electron chi connectivity index (χ1n) is 6.12. The van der Waals surface area contributed by atoms with Crippen molar-refractivity contribution in [1.82, 2.24) is 4.98 Å². The molecule has 0 unspecified atom stereocenters. The maximum Gasteiger partial charge on any atom is 0.276 e. The number of rotatable bonds is 5. The zero-order valence-electron chi connectivity index (χ0n) is 11.1. The van der Waals surface area contributed by atoms with Crippen LogP contribution < -0.4 is 10.6 Å². The van der Waals surface area contributed by atoms with E-state index < -0.39 is 10.7 Å². The summed E-state index contributed by atoms with van der Waals surface area (Å²) in [6.07, 6.45) is 0. The lowest BCUT2D eigenvalue weighted by Gasteiger charge is -2.09. The van der Waals surface area contributed by atoms with E-state index in [0.29, 0.717) is 16.8 Å². The molecule has 2 aromatic rings. The number of pyridine rings is 1. The molecule has 0 radical (unpaired) electrons. The van der Waals surface area contributed by atoms with Gasteiger partial charge in [0.05, 0.1) is 22.7 Å². The molecule has 8 heteroatoms. The molecule has 1 heterocycles. The summed E-state index contributed by atoms with van der Waals surface area (Å²) in [7, 11) is 0. The van der Waals surface area contributed by atoms with Crippen LogP contribution in [0.5, 0.6) is 0 Å². The lowest BCUT2D eigenvalue weighted by Crippen LogP contribution is -2.04. The summed E-state index contributed by atoms with van der Waals surface area (Å²) in [6, 6.07) is 6.95. The quantitative estimate of drug-likeness (QED) is 0.624.